The Hall–Kier alpha value is -1.56. The molecule has 1 heterocycles. The molecule has 1 N–H and O–H groups in total. The second-order valence-corrected chi connectivity index (χ2v) is 4.79. The smallest absolute Gasteiger partial charge is 0.414 e. The molecule has 0 saturated carbocycles. The molecule has 6 heteroatoms. The number of hydrogen-bond donors (Lipinski definition) is 1. The van der Waals surface area contributed by atoms with Crippen LogP contribution < -0.4 is 0 Å². The van der Waals surface area contributed by atoms with Gasteiger partial charge in [-0.25, -0.2) is 9.18 Å². The number of ether oxygens (including phenoxy) is 1. The second-order valence-electron chi connectivity index (χ2n) is 4.79. The van der Waals surface area contributed by atoms with Gasteiger partial charge in [0, 0.05) is 12.7 Å². The molecule has 17 heavy (non-hydrogen) atoms. The van der Waals surface area contributed by atoms with Crippen LogP contribution in [0.25, 0.3) is 0 Å². The van der Waals surface area contributed by atoms with Crippen LogP contribution in [0.3, 0.4) is 0 Å². The number of amides is 1. The van der Waals surface area contributed by atoms with E-state index in [1.165, 1.54) is 18.0 Å². The zero-order valence-electron chi connectivity index (χ0n) is 10.4. The molecule has 0 aromatic carbocycles. The third-order valence-corrected chi connectivity index (χ3v) is 2.00. The monoisotopic (exact) mass is 244 g/mol. The van der Waals surface area contributed by atoms with Gasteiger partial charge in [-0.05, 0) is 26.8 Å². The Morgan fingerprint density at radius 2 is 2.18 bits per heavy atom. The molecule has 0 saturated heterocycles. The summed E-state index contributed by atoms with van der Waals surface area (Å²) in [6.07, 6.45) is 1.52. The Balaban J connectivity index is 2.74. The zero-order chi connectivity index (χ0) is 13.2. The van der Waals surface area contributed by atoms with E-state index in [1.807, 2.05) is 0 Å². The fourth-order valence-electron chi connectivity index (χ4n) is 1.25. The highest BCUT2D eigenvalue weighted by Gasteiger charge is 2.24. The van der Waals surface area contributed by atoms with E-state index >= 15 is 0 Å². The highest BCUT2D eigenvalue weighted by molar-refractivity contribution is 5.70. The fraction of sp³-hybridized carbons (Fsp3) is 0.545. The molecular formula is C11H17FN2O3. The lowest BCUT2D eigenvalue weighted by atomic mass is 10.2. The van der Waals surface area contributed by atoms with Crippen LogP contribution >= 0.6 is 0 Å². The number of nitrogens with zero attached hydrogens (tertiary/aromatic N) is 2. The van der Waals surface area contributed by atoms with E-state index in [1.54, 1.807) is 20.8 Å². The van der Waals surface area contributed by atoms with Crippen LogP contribution in [0.2, 0.25) is 0 Å². The molecule has 1 aliphatic heterocycles. The summed E-state index contributed by atoms with van der Waals surface area (Å²) in [5.41, 5.74) is -0.296. The first-order chi connectivity index (χ1) is 7.69. The number of allylic oxidation sites excluding steroid dienone is 2. The van der Waals surface area contributed by atoms with Crippen molar-refractivity contribution in [1.82, 2.24) is 9.96 Å². The molecule has 0 unspecified atom stereocenters. The van der Waals surface area contributed by atoms with Crippen molar-refractivity contribution in [2.45, 2.75) is 26.4 Å². The number of halogens is 1. The Morgan fingerprint density at radius 1 is 1.59 bits per heavy atom. The van der Waals surface area contributed by atoms with Crippen molar-refractivity contribution in [1.29, 1.82) is 0 Å². The lowest BCUT2D eigenvalue weighted by molar-refractivity contribution is -0.0409. The van der Waals surface area contributed by atoms with E-state index in [0.29, 0.717) is 10.8 Å². The maximum Gasteiger partial charge on any atom is 0.414 e. The standard InChI is InChI=1S/C11H17FN2O3/c1-11(2,3)17-10(15)13(4)9-5-8(12)6-14(16)7-9/h5-6,16H,7H2,1-4H3. The average molecular weight is 244 g/mol. The van der Waals surface area contributed by atoms with Crippen LogP contribution in [0.15, 0.2) is 23.8 Å². The second kappa shape index (κ2) is 4.75. The number of hydroxylamine groups is 2. The van der Waals surface area contributed by atoms with Crippen molar-refractivity contribution >= 4 is 6.09 Å². The molecule has 0 fully saturated rings. The minimum atomic E-state index is -0.621. The van der Waals surface area contributed by atoms with Crippen molar-refractivity contribution in [3.63, 3.8) is 0 Å². The van der Waals surface area contributed by atoms with Gasteiger partial charge in [0.25, 0.3) is 0 Å². The molecule has 0 spiro atoms. The van der Waals surface area contributed by atoms with Crippen LogP contribution in [0.1, 0.15) is 20.8 Å². The minimum Gasteiger partial charge on any atom is -0.443 e. The number of likely N-dealkylation sites (N-methyl/N-ethyl adjacent to an activating group) is 1. The lowest BCUT2D eigenvalue weighted by Crippen LogP contribution is -2.37. The van der Waals surface area contributed by atoms with Crippen LogP contribution in [0.5, 0.6) is 0 Å². The Morgan fingerprint density at radius 3 is 2.65 bits per heavy atom. The quantitative estimate of drug-likeness (QED) is 0.768. The average Bonchev–Trinajstić information content (AvgIpc) is 2.12. The first-order valence-corrected chi connectivity index (χ1v) is 5.19. The molecular weight excluding hydrogens is 227 g/mol. The van der Waals surface area contributed by atoms with Crippen molar-refractivity contribution in [2.75, 3.05) is 13.6 Å². The molecule has 96 valence electrons. The molecule has 5 nitrogen and oxygen atoms in total. The van der Waals surface area contributed by atoms with Crippen molar-refractivity contribution in [2.24, 2.45) is 0 Å². The molecule has 0 bridgehead atoms. The van der Waals surface area contributed by atoms with E-state index < -0.39 is 17.5 Å². The summed E-state index contributed by atoms with van der Waals surface area (Å²) >= 11 is 0. The third kappa shape index (κ3) is 4.07. The number of rotatable bonds is 1. The molecule has 1 amide bonds. The van der Waals surface area contributed by atoms with Gasteiger partial charge < -0.3 is 4.74 Å². The van der Waals surface area contributed by atoms with Crippen LogP contribution in [0.4, 0.5) is 9.18 Å². The predicted octanol–water partition coefficient (Wildman–Crippen LogP) is 2.25. The largest absolute Gasteiger partial charge is 0.443 e. The molecule has 0 atom stereocenters. The third-order valence-electron chi connectivity index (χ3n) is 2.00. The Bertz CT molecular complexity index is 371. The van der Waals surface area contributed by atoms with E-state index in [4.69, 9.17) is 4.74 Å². The van der Waals surface area contributed by atoms with E-state index in [0.717, 1.165) is 6.20 Å². The number of carbonyl (C=O) groups excluding carboxylic acids is 1. The van der Waals surface area contributed by atoms with Gasteiger partial charge in [-0.3, -0.25) is 15.2 Å². The summed E-state index contributed by atoms with van der Waals surface area (Å²) in [6, 6.07) is 0. The van der Waals surface area contributed by atoms with Gasteiger partial charge in [-0.2, -0.15) is 0 Å². The molecule has 0 aliphatic carbocycles. The van der Waals surface area contributed by atoms with E-state index in [9.17, 15) is 14.4 Å². The van der Waals surface area contributed by atoms with Gasteiger partial charge in [-0.15, -0.1) is 0 Å². The highest BCUT2D eigenvalue weighted by Crippen LogP contribution is 2.18. The van der Waals surface area contributed by atoms with Gasteiger partial charge in [0.05, 0.1) is 12.7 Å². The van der Waals surface area contributed by atoms with Crippen molar-refractivity contribution in [3.05, 3.63) is 23.8 Å². The summed E-state index contributed by atoms with van der Waals surface area (Å²) in [6.45, 7) is 5.26. The van der Waals surface area contributed by atoms with Gasteiger partial charge >= 0.3 is 6.09 Å². The Labute approximate surface area is 99.7 Å². The zero-order valence-corrected chi connectivity index (χ0v) is 10.4. The van der Waals surface area contributed by atoms with Crippen LogP contribution in [-0.2, 0) is 4.74 Å². The van der Waals surface area contributed by atoms with Gasteiger partial charge in [-0.1, -0.05) is 0 Å². The summed E-state index contributed by atoms with van der Waals surface area (Å²) < 4.78 is 18.2. The van der Waals surface area contributed by atoms with Crippen LogP contribution in [0, 0.1) is 0 Å². The maximum atomic E-state index is 13.1. The summed E-state index contributed by atoms with van der Waals surface area (Å²) in [5, 5.41) is 9.88. The number of carbonyl (C=O) groups is 1. The molecule has 1 aliphatic rings. The highest BCUT2D eigenvalue weighted by atomic mass is 19.1. The molecule has 1 rings (SSSR count). The summed E-state index contributed by atoms with van der Waals surface area (Å²) in [7, 11) is 1.46. The van der Waals surface area contributed by atoms with Crippen molar-refractivity contribution in [3.8, 4) is 0 Å². The summed E-state index contributed by atoms with van der Waals surface area (Å²) in [4.78, 5) is 12.9. The fourth-order valence-corrected chi connectivity index (χ4v) is 1.25. The lowest BCUT2D eigenvalue weighted by Gasteiger charge is -2.28. The minimum absolute atomic E-state index is 0.0309. The van der Waals surface area contributed by atoms with Crippen LogP contribution in [-0.4, -0.2) is 40.5 Å². The number of hydrogen-bond acceptors (Lipinski definition) is 4. The SMILES string of the molecule is CN(C(=O)OC(C)(C)C)C1=CC(F)=CN(O)C1. The first kappa shape index (κ1) is 13.5. The summed E-state index contributed by atoms with van der Waals surface area (Å²) in [5.74, 6) is -0.621. The van der Waals surface area contributed by atoms with Crippen molar-refractivity contribution < 1.29 is 19.1 Å². The molecule has 0 aromatic heterocycles. The molecule has 0 radical (unpaired) electrons. The first-order valence-electron chi connectivity index (χ1n) is 5.19. The van der Waals surface area contributed by atoms with Gasteiger partial charge in [0.15, 0.2) is 0 Å². The van der Waals surface area contributed by atoms with E-state index in [-0.39, 0.29) is 6.54 Å². The van der Waals surface area contributed by atoms with E-state index in [2.05, 4.69) is 0 Å². The predicted molar refractivity (Wildman–Crippen MR) is 59.8 cm³/mol. The topological polar surface area (TPSA) is 53.0 Å². The Kier molecular flexibility index (Phi) is 3.77. The normalized spacial score (nSPS) is 16.2. The molecule has 0 aromatic rings. The maximum absolute atomic E-state index is 13.1. The van der Waals surface area contributed by atoms with Gasteiger partial charge in [0.1, 0.15) is 11.4 Å². The van der Waals surface area contributed by atoms with Gasteiger partial charge in [0.2, 0.25) is 0 Å².